The molecule has 35 heavy (non-hydrogen) atoms. The molecular formula is C29H35ClN4O. The second-order valence-corrected chi connectivity index (χ2v) is 10.6. The Morgan fingerprint density at radius 3 is 2.60 bits per heavy atom. The lowest BCUT2D eigenvalue weighted by molar-refractivity contribution is 0.303. The largest absolute Gasteiger partial charge is 0.345 e. The van der Waals surface area contributed by atoms with Crippen LogP contribution in [0.1, 0.15) is 74.4 Å². The molecule has 0 bridgehead atoms. The summed E-state index contributed by atoms with van der Waals surface area (Å²) in [5, 5.41) is 5.46. The van der Waals surface area contributed by atoms with E-state index < -0.39 is 0 Å². The predicted molar refractivity (Wildman–Crippen MR) is 142 cm³/mol. The highest BCUT2D eigenvalue weighted by molar-refractivity contribution is 6.30. The van der Waals surface area contributed by atoms with Crippen molar-refractivity contribution in [2.45, 2.75) is 76.8 Å². The zero-order valence-corrected chi connectivity index (χ0v) is 21.6. The van der Waals surface area contributed by atoms with Gasteiger partial charge in [-0.1, -0.05) is 74.2 Å². The summed E-state index contributed by atoms with van der Waals surface area (Å²) in [6.07, 6.45) is 9.24. The maximum atomic E-state index is 13.0. The third kappa shape index (κ3) is 4.63. The summed E-state index contributed by atoms with van der Waals surface area (Å²) in [7, 11) is 1.82. The zero-order chi connectivity index (χ0) is 24.4. The van der Waals surface area contributed by atoms with Crippen molar-refractivity contribution >= 4 is 17.3 Å². The average Bonchev–Trinajstić information content (AvgIpc) is 3.39. The Bertz CT molecular complexity index is 1270. The number of hydrogen-bond acceptors (Lipinski definition) is 3. The van der Waals surface area contributed by atoms with Crippen LogP contribution in [-0.4, -0.2) is 20.1 Å². The maximum Gasteiger partial charge on any atom is 0.345 e. The van der Waals surface area contributed by atoms with E-state index in [0.29, 0.717) is 24.0 Å². The molecule has 3 aromatic rings. The monoisotopic (exact) mass is 490 g/mol. The third-order valence-corrected chi connectivity index (χ3v) is 8.45. The van der Waals surface area contributed by atoms with Gasteiger partial charge in [-0.25, -0.2) is 9.48 Å². The normalized spacial score (nSPS) is 20.8. The van der Waals surface area contributed by atoms with Crippen LogP contribution in [0.5, 0.6) is 0 Å². The first-order valence-electron chi connectivity index (χ1n) is 13.0. The van der Waals surface area contributed by atoms with E-state index in [1.165, 1.54) is 43.2 Å². The predicted octanol–water partition coefficient (Wildman–Crippen LogP) is 6.10. The van der Waals surface area contributed by atoms with Gasteiger partial charge in [-0.2, -0.15) is 5.10 Å². The van der Waals surface area contributed by atoms with Crippen molar-refractivity contribution in [3.05, 3.63) is 86.6 Å². The van der Waals surface area contributed by atoms with Crippen molar-refractivity contribution in [1.29, 1.82) is 0 Å². The van der Waals surface area contributed by atoms with Gasteiger partial charge in [0.1, 0.15) is 0 Å². The third-order valence-electron chi connectivity index (χ3n) is 8.19. The lowest BCUT2D eigenvalue weighted by atomic mass is 9.72. The van der Waals surface area contributed by atoms with E-state index in [0.717, 1.165) is 36.4 Å². The van der Waals surface area contributed by atoms with Crippen molar-refractivity contribution in [2.24, 2.45) is 18.0 Å². The number of benzene rings is 2. The number of rotatable bonds is 7. The fourth-order valence-electron chi connectivity index (χ4n) is 6.15. The van der Waals surface area contributed by atoms with E-state index in [-0.39, 0.29) is 11.1 Å². The molecule has 1 heterocycles. The summed E-state index contributed by atoms with van der Waals surface area (Å²) in [5.74, 6) is 1.27. The topological polar surface area (TPSA) is 52.2 Å². The Morgan fingerprint density at radius 1 is 1.11 bits per heavy atom. The summed E-state index contributed by atoms with van der Waals surface area (Å²) in [4.78, 5) is 18.2. The van der Waals surface area contributed by atoms with Crippen molar-refractivity contribution < 1.29 is 0 Å². The van der Waals surface area contributed by atoms with E-state index in [1.807, 2.05) is 19.2 Å². The van der Waals surface area contributed by atoms with Crippen molar-refractivity contribution in [1.82, 2.24) is 14.3 Å². The van der Waals surface area contributed by atoms with Crippen LogP contribution in [0.4, 0.5) is 0 Å². The first-order valence-corrected chi connectivity index (χ1v) is 13.4. The number of halogens is 1. The Kier molecular flexibility index (Phi) is 6.97. The highest BCUT2D eigenvalue weighted by Gasteiger charge is 2.42. The molecule has 1 atom stereocenters. The molecule has 0 amide bonds. The second-order valence-electron chi connectivity index (χ2n) is 10.2. The average molecular weight is 491 g/mol. The summed E-state index contributed by atoms with van der Waals surface area (Å²) in [5.41, 5.74) is 4.72. The molecule has 6 heteroatoms. The van der Waals surface area contributed by atoms with Gasteiger partial charge in [-0.3, -0.25) is 9.56 Å². The molecule has 184 valence electrons. The standard InChI is InChI=1S/C29H35ClN4O/c1-3-29(18-17-22-11-7-8-12-25(22)29)27(23-13-15-24(30)16-14-23)31-19-26-32-34(28(35)33(26)2)20-21-9-5-4-6-10-21/h7-8,11-16,21H,3-6,9-10,17-20H2,1-2H3/t29-/m1/s1. The van der Waals surface area contributed by atoms with Crippen molar-refractivity contribution in [2.75, 3.05) is 0 Å². The van der Waals surface area contributed by atoms with Crippen LogP contribution >= 0.6 is 11.6 Å². The quantitative estimate of drug-likeness (QED) is 0.376. The van der Waals surface area contributed by atoms with E-state index in [2.05, 4.69) is 43.3 Å². The fourth-order valence-corrected chi connectivity index (χ4v) is 6.27. The first kappa shape index (κ1) is 24.1. The van der Waals surface area contributed by atoms with Gasteiger partial charge >= 0.3 is 5.69 Å². The SMILES string of the molecule is CC[C@@]1(C(=NCc2nn(CC3CCCCC3)c(=O)n2C)c2ccc(Cl)cc2)CCc2ccccc21. The molecule has 2 aliphatic rings. The molecule has 1 saturated carbocycles. The molecule has 0 spiro atoms. The van der Waals surface area contributed by atoms with Crippen LogP contribution in [0.25, 0.3) is 0 Å². The summed E-state index contributed by atoms with van der Waals surface area (Å²) in [6.45, 7) is 3.35. The van der Waals surface area contributed by atoms with E-state index in [1.54, 1.807) is 9.25 Å². The lowest BCUT2D eigenvalue weighted by Gasteiger charge is -2.32. The second kappa shape index (κ2) is 10.1. The maximum absolute atomic E-state index is 13.0. The number of aromatic nitrogens is 3. The van der Waals surface area contributed by atoms with E-state index >= 15 is 0 Å². The Morgan fingerprint density at radius 2 is 1.86 bits per heavy atom. The summed E-state index contributed by atoms with van der Waals surface area (Å²) >= 11 is 6.23. The lowest BCUT2D eigenvalue weighted by Crippen LogP contribution is -2.34. The van der Waals surface area contributed by atoms with Crippen LogP contribution in [0.15, 0.2) is 58.3 Å². The van der Waals surface area contributed by atoms with Gasteiger partial charge in [0.15, 0.2) is 5.82 Å². The molecule has 5 rings (SSSR count). The zero-order valence-electron chi connectivity index (χ0n) is 20.8. The number of fused-ring (bicyclic) bond motifs is 1. The highest BCUT2D eigenvalue weighted by Crippen LogP contribution is 2.44. The number of nitrogens with zero attached hydrogens (tertiary/aromatic N) is 4. The van der Waals surface area contributed by atoms with Gasteiger partial charge in [0.05, 0.1) is 12.3 Å². The molecule has 1 fully saturated rings. The summed E-state index contributed by atoms with van der Waals surface area (Å²) < 4.78 is 3.34. The minimum absolute atomic E-state index is 0.0368. The molecular weight excluding hydrogens is 456 g/mol. The number of aliphatic imine (C=N–C) groups is 1. The molecule has 2 aromatic carbocycles. The van der Waals surface area contributed by atoms with Gasteiger partial charge in [0.2, 0.25) is 0 Å². The number of aryl methyl sites for hydroxylation is 1. The molecule has 1 aromatic heterocycles. The van der Waals surface area contributed by atoms with E-state index in [4.69, 9.17) is 21.7 Å². The van der Waals surface area contributed by atoms with Crippen LogP contribution in [0.2, 0.25) is 5.02 Å². The van der Waals surface area contributed by atoms with E-state index in [9.17, 15) is 4.79 Å². The van der Waals surface area contributed by atoms with Gasteiger partial charge < -0.3 is 0 Å². The minimum atomic E-state index is -0.159. The Balaban J connectivity index is 1.52. The van der Waals surface area contributed by atoms with Crippen LogP contribution in [0, 0.1) is 5.92 Å². The Hall–Kier alpha value is -2.66. The molecule has 0 N–H and O–H groups in total. The fraction of sp³-hybridized carbons (Fsp3) is 0.483. The molecule has 2 aliphatic carbocycles. The smallest absolute Gasteiger partial charge is 0.280 e. The van der Waals surface area contributed by atoms with Crippen LogP contribution in [-0.2, 0) is 32.0 Å². The van der Waals surface area contributed by atoms with Gasteiger partial charge in [0, 0.05) is 24.0 Å². The minimum Gasteiger partial charge on any atom is -0.280 e. The van der Waals surface area contributed by atoms with Gasteiger partial charge in [-0.15, -0.1) is 0 Å². The molecule has 0 radical (unpaired) electrons. The summed E-state index contributed by atoms with van der Waals surface area (Å²) in [6, 6.07) is 16.8. The van der Waals surface area contributed by atoms with Crippen LogP contribution in [0.3, 0.4) is 0 Å². The van der Waals surface area contributed by atoms with Gasteiger partial charge in [-0.05, 0) is 66.8 Å². The van der Waals surface area contributed by atoms with Crippen molar-refractivity contribution in [3.63, 3.8) is 0 Å². The highest BCUT2D eigenvalue weighted by atomic mass is 35.5. The molecule has 0 saturated heterocycles. The van der Waals surface area contributed by atoms with Crippen LogP contribution < -0.4 is 5.69 Å². The van der Waals surface area contributed by atoms with Crippen molar-refractivity contribution in [3.8, 4) is 0 Å². The first-order chi connectivity index (χ1) is 17.0. The van der Waals surface area contributed by atoms with Gasteiger partial charge in [0.25, 0.3) is 0 Å². The number of hydrogen-bond donors (Lipinski definition) is 0. The molecule has 0 unspecified atom stereocenters. The molecule has 0 aliphatic heterocycles. The Labute approximate surface area is 212 Å². The molecule has 5 nitrogen and oxygen atoms in total.